The van der Waals surface area contributed by atoms with Gasteiger partial charge in [0.2, 0.25) is 0 Å². The number of hydrogen-bond donors (Lipinski definition) is 0. The van der Waals surface area contributed by atoms with Crippen LogP contribution in [-0.4, -0.2) is 24.1 Å². The van der Waals surface area contributed by atoms with Crippen LogP contribution in [0.25, 0.3) is 0 Å². The van der Waals surface area contributed by atoms with E-state index >= 15 is 0 Å². The molecule has 0 spiro atoms. The van der Waals surface area contributed by atoms with E-state index in [0.717, 1.165) is 32.4 Å². The zero-order valence-corrected chi connectivity index (χ0v) is 13.1. The van der Waals surface area contributed by atoms with Gasteiger partial charge in [0, 0.05) is 13.1 Å². The number of hydroxylamine groups is 2. The van der Waals surface area contributed by atoms with Crippen molar-refractivity contribution in [1.82, 2.24) is 5.06 Å². The molecule has 1 aliphatic rings. The average molecular weight is 293 g/mol. The van der Waals surface area contributed by atoms with Gasteiger partial charge in [0.1, 0.15) is 5.82 Å². The second kappa shape index (κ2) is 6.56. The van der Waals surface area contributed by atoms with Crippen molar-refractivity contribution in [2.75, 3.05) is 13.1 Å². The highest BCUT2D eigenvalue weighted by atomic mass is 19.1. The average Bonchev–Trinajstić information content (AvgIpc) is 2.64. The van der Waals surface area contributed by atoms with E-state index in [-0.39, 0.29) is 11.8 Å². The molecule has 1 aromatic carbocycles. The van der Waals surface area contributed by atoms with Gasteiger partial charge < -0.3 is 4.84 Å². The number of halogens is 1. The Balaban J connectivity index is 1.93. The lowest BCUT2D eigenvalue weighted by molar-refractivity contribution is -0.200. The van der Waals surface area contributed by atoms with Gasteiger partial charge >= 0.3 is 5.97 Å². The van der Waals surface area contributed by atoms with Gasteiger partial charge in [-0.05, 0) is 63.6 Å². The van der Waals surface area contributed by atoms with Crippen molar-refractivity contribution in [3.63, 3.8) is 0 Å². The molecule has 0 N–H and O–H groups in total. The fourth-order valence-corrected chi connectivity index (χ4v) is 2.48. The van der Waals surface area contributed by atoms with Crippen molar-refractivity contribution in [3.05, 3.63) is 35.6 Å². The van der Waals surface area contributed by atoms with Crippen molar-refractivity contribution in [2.24, 2.45) is 5.41 Å². The molecule has 0 radical (unpaired) electrons. The molecular weight excluding hydrogens is 269 g/mol. The number of rotatable bonds is 2. The van der Waals surface area contributed by atoms with E-state index in [4.69, 9.17) is 4.84 Å². The maximum atomic E-state index is 13.0. The van der Waals surface area contributed by atoms with Crippen molar-refractivity contribution in [3.8, 4) is 0 Å². The molecule has 2 rings (SSSR count). The third kappa shape index (κ3) is 4.53. The molecule has 1 atom stereocenters. The van der Waals surface area contributed by atoms with Crippen LogP contribution in [-0.2, 0) is 9.63 Å². The van der Waals surface area contributed by atoms with E-state index in [2.05, 4.69) is 0 Å². The van der Waals surface area contributed by atoms with Crippen LogP contribution >= 0.6 is 0 Å². The molecule has 0 aliphatic carbocycles. The Kier molecular flexibility index (Phi) is 4.99. The Bertz CT molecular complexity index is 479. The first kappa shape index (κ1) is 16.0. The van der Waals surface area contributed by atoms with Crippen molar-refractivity contribution in [1.29, 1.82) is 0 Å². The Morgan fingerprint density at radius 3 is 2.48 bits per heavy atom. The van der Waals surface area contributed by atoms with E-state index in [1.807, 2.05) is 32.9 Å². The highest BCUT2D eigenvalue weighted by Gasteiger charge is 2.27. The standard InChI is InChI=1S/C17H24FNO2/c1-17(2,3)16(20)21-19-11-4-5-13(10-12-19)14-6-8-15(18)9-7-14/h6-9,13H,4-5,10-12H2,1-3H3. The Morgan fingerprint density at radius 2 is 1.86 bits per heavy atom. The van der Waals surface area contributed by atoms with Crippen LogP contribution in [0.2, 0.25) is 0 Å². The van der Waals surface area contributed by atoms with Gasteiger partial charge in [-0.15, -0.1) is 5.06 Å². The molecule has 0 bridgehead atoms. The normalized spacial score (nSPS) is 20.9. The third-order valence-electron chi connectivity index (χ3n) is 3.85. The topological polar surface area (TPSA) is 29.5 Å². The minimum Gasteiger partial charge on any atom is -0.367 e. The fraction of sp³-hybridized carbons (Fsp3) is 0.588. The van der Waals surface area contributed by atoms with Gasteiger partial charge in [-0.25, -0.2) is 9.18 Å². The Labute approximate surface area is 126 Å². The quantitative estimate of drug-likeness (QED) is 0.828. The predicted octanol–water partition coefficient (Wildman–Crippen LogP) is 3.90. The second-order valence-electron chi connectivity index (χ2n) is 6.74. The highest BCUT2D eigenvalue weighted by molar-refractivity contribution is 5.75. The molecule has 0 saturated carbocycles. The van der Waals surface area contributed by atoms with Crippen molar-refractivity contribution in [2.45, 2.75) is 46.0 Å². The minimum atomic E-state index is -0.483. The number of hydrogen-bond acceptors (Lipinski definition) is 3. The highest BCUT2D eigenvalue weighted by Crippen LogP contribution is 2.28. The number of carbonyl (C=O) groups excluding carboxylic acids is 1. The van der Waals surface area contributed by atoms with Gasteiger partial charge in [0.15, 0.2) is 0 Å². The summed E-state index contributed by atoms with van der Waals surface area (Å²) in [5.41, 5.74) is 0.684. The summed E-state index contributed by atoms with van der Waals surface area (Å²) >= 11 is 0. The first-order valence-electron chi connectivity index (χ1n) is 7.59. The first-order chi connectivity index (χ1) is 9.86. The van der Waals surface area contributed by atoms with Crippen LogP contribution in [0.15, 0.2) is 24.3 Å². The van der Waals surface area contributed by atoms with Crippen LogP contribution in [0, 0.1) is 11.2 Å². The van der Waals surface area contributed by atoms with E-state index in [0.29, 0.717) is 5.92 Å². The summed E-state index contributed by atoms with van der Waals surface area (Å²) in [5.74, 6) is 0.0137. The lowest BCUT2D eigenvalue weighted by atomic mass is 9.92. The maximum Gasteiger partial charge on any atom is 0.330 e. The lowest BCUT2D eigenvalue weighted by Crippen LogP contribution is -2.34. The van der Waals surface area contributed by atoms with Gasteiger partial charge in [0.05, 0.1) is 5.41 Å². The maximum absolute atomic E-state index is 13.0. The van der Waals surface area contributed by atoms with Gasteiger partial charge in [-0.1, -0.05) is 12.1 Å². The smallest absolute Gasteiger partial charge is 0.330 e. The van der Waals surface area contributed by atoms with Crippen LogP contribution in [0.1, 0.15) is 51.5 Å². The largest absolute Gasteiger partial charge is 0.367 e. The molecule has 1 aliphatic heterocycles. The molecule has 0 amide bonds. The number of carbonyl (C=O) groups is 1. The lowest BCUT2D eigenvalue weighted by Gasteiger charge is -2.24. The molecule has 1 unspecified atom stereocenters. The first-order valence-corrected chi connectivity index (χ1v) is 7.59. The molecule has 0 aromatic heterocycles. The fourth-order valence-electron chi connectivity index (χ4n) is 2.48. The summed E-state index contributed by atoms with van der Waals surface area (Å²) < 4.78 is 13.0. The molecule has 1 aromatic rings. The van der Waals surface area contributed by atoms with Crippen molar-refractivity contribution >= 4 is 5.97 Å². The molecule has 21 heavy (non-hydrogen) atoms. The Morgan fingerprint density at radius 1 is 1.19 bits per heavy atom. The zero-order chi connectivity index (χ0) is 15.5. The van der Waals surface area contributed by atoms with Crippen LogP contribution in [0.5, 0.6) is 0 Å². The van der Waals surface area contributed by atoms with Crippen LogP contribution in [0.3, 0.4) is 0 Å². The van der Waals surface area contributed by atoms with E-state index in [1.54, 1.807) is 5.06 Å². The summed E-state index contributed by atoms with van der Waals surface area (Å²) in [4.78, 5) is 17.4. The van der Waals surface area contributed by atoms with Crippen molar-refractivity contribution < 1.29 is 14.0 Å². The van der Waals surface area contributed by atoms with Crippen LogP contribution in [0.4, 0.5) is 4.39 Å². The zero-order valence-electron chi connectivity index (χ0n) is 13.1. The second-order valence-corrected chi connectivity index (χ2v) is 6.74. The predicted molar refractivity (Wildman–Crippen MR) is 80.1 cm³/mol. The molecule has 4 heteroatoms. The summed E-state index contributed by atoms with van der Waals surface area (Å²) in [7, 11) is 0. The summed E-state index contributed by atoms with van der Waals surface area (Å²) in [6.07, 6.45) is 2.93. The molecule has 116 valence electrons. The molecule has 1 saturated heterocycles. The summed E-state index contributed by atoms with van der Waals surface area (Å²) in [6.45, 7) is 7.06. The molecule has 3 nitrogen and oxygen atoms in total. The van der Waals surface area contributed by atoms with Crippen LogP contribution < -0.4 is 0 Å². The molecule has 1 fully saturated rings. The van der Waals surface area contributed by atoms with E-state index in [1.165, 1.54) is 17.7 Å². The minimum absolute atomic E-state index is 0.192. The summed E-state index contributed by atoms with van der Waals surface area (Å²) in [6, 6.07) is 6.74. The van der Waals surface area contributed by atoms with Gasteiger partial charge in [-0.2, -0.15) is 0 Å². The van der Waals surface area contributed by atoms with Gasteiger partial charge in [-0.3, -0.25) is 0 Å². The SMILES string of the molecule is CC(C)(C)C(=O)ON1CCCC(c2ccc(F)cc2)CC1. The van der Waals surface area contributed by atoms with E-state index in [9.17, 15) is 9.18 Å². The monoisotopic (exact) mass is 293 g/mol. The third-order valence-corrected chi connectivity index (χ3v) is 3.85. The number of benzene rings is 1. The summed E-state index contributed by atoms with van der Waals surface area (Å²) in [5, 5.41) is 1.77. The van der Waals surface area contributed by atoms with Gasteiger partial charge in [0.25, 0.3) is 0 Å². The Hall–Kier alpha value is -1.42. The van der Waals surface area contributed by atoms with E-state index < -0.39 is 5.41 Å². The number of nitrogens with zero attached hydrogens (tertiary/aromatic N) is 1. The molecular formula is C17H24FNO2. The molecule has 1 heterocycles.